The molecule has 2 heterocycles. The van der Waals surface area contributed by atoms with Crippen molar-refractivity contribution in [2.45, 2.75) is 29.7 Å². The highest BCUT2D eigenvalue weighted by Gasteiger charge is 2.30. The van der Waals surface area contributed by atoms with E-state index in [9.17, 15) is 18.0 Å². The van der Waals surface area contributed by atoms with Gasteiger partial charge in [0, 0.05) is 27.1 Å². The van der Waals surface area contributed by atoms with E-state index in [-0.39, 0.29) is 11.7 Å². The van der Waals surface area contributed by atoms with Crippen molar-refractivity contribution >= 4 is 28.7 Å². The van der Waals surface area contributed by atoms with Gasteiger partial charge >= 0.3 is 12.1 Å². The van der Waals surface area contributed by atoms with Gasteiger partial charge in [-0.3, -0.25) is 9.89 Å². The normalized spacial score (nSPS) is 12.9. The fraction of sp³-hybridized carbons (Fsp3) is 0.182. The van der Waals surface area contributed by atoms with Crippen LogP contribution in [0.25, 0.3) is 11.0 Å². The SMILES string of the molecule is Cc1[nH]ncc1C(Sc1ccc2c(CC(=O)O)coc2c1)c1ccc(C(F)(F)F)cc1. The summed E-state index contributed by atoms with van der Waals surface area (Å²) in [5.41, 5.74) is 2.82. The van der Waals surface area contributed by atoms with Crippen LogP contribution in [0.15, 0.2) is 64.2 Å². The van der Waals surface area contributed by atoms with E-state index < -0.39 is 17.7 Å². The second kappa shape index (κ2) is 8.14. The molecule has 160 valence electrons. The minimum Gasteiger partial charge on any atom is -0.481 e. The summed E-state index contributed by atoms with van der Waals surface area (Å²) >= 11 is 1.45. The lowest BCUT2D eigenvalue weighted by atomic mass is 10.0. The molecule has 2 N–H and O–H groups in total. The van der Waals surface area contributed by atoms with Gasteiger partial charge in [-0.1, -0.05) is 12.1 Å². The highest BCUT2D eigenvalue weighted by molar-refractivity contribution is 7.99. The number of thioether (sulfide) groups is 1. The van der Waals surface area contributed by atoms with Gasteiger partial charge in [-0.25, -0.2) is 0 Å². The van der Waals surface area contributed by atoms with Crippen LogP contribution in [-0.2, 0) is 17.4 Å². The summed E-state index contributed by atoms with van der Waals surface area (Å²) in [5, 5.41) is 16.4. The van der Waals surface area contributed by atoms with Crippen LogP contribution in [0.5, 0.6) is 0 Å². The summed E-state index contributed by atoms with van der Waals surface area (Å²) in [5.74, 6) is -0.945. The molecular formula is C22H17F3N2O3S. The average molecular weight is 446 g/mol. The van der Waals surface area contributed by atoms with Gasteiger partial charge in [0.25, 0.3) is 0 Å². The van der Waals surface area contributed by atoms with Crippen molar-refractivity contribution in [1.29, 1.82) is 0 Å². The molecule has 2 aromatic heterocycles. The van der Waals surface area contributed by atoms with Crippen molar-refractivity contribution in [2.75, 3.05) is 0 Å². The van der Waals surface area contributed by atoms with Crippen LogP contribution in [0.2, 0.25) is 0 Å². The molecular weight excluding hydrogens is 429 g/mol. The number of carboxylic acid groups (broad SMARTS) is 1. The largest absolute Gasteiger partial charge is 0.481 e. The Hall–Kier alpha value is -3.20. The van der Waals surface area contributed by atoms with Gasteiger partial charge in [-0.05, 0) is 42.8 Å². The number of furan rings is 1. The van der Waals surface area contributed by atoms with E-state index >= 15 is 0 Å². The number of aryl methyl sites for hydroxylation is 1. The summed E-state index contributed by atoms with van der Waals surface area (Å²) in [6, 6.07) is 10.6. The fourth-order valence-corrected chi connectivity index (χ4v) is 4.61. The Morgan fingerprint density at radius 3 is 2.58 bits per heavy atom. The monoisotopic (exact) mass is 446 g/mol. The number of carbonyl (C=O) groups is 1. The lowest BCUT2D eigenvalue weighted by Gasteiger charge is -2.18. The van der Waals surface area contributed by atoms with Crippen LogP contribution in [0.1, 0.15) is 33.2 Å². The van der Waals surface area contributed by atoms with Crippen molar-refractivity contribution in [3.63, 3.8) is 0 Å². The van der Waals surface area contributed by atoms with Gasteiger partial charge in [-0.15, -0.1) is 11.8 Å². The number of aromatic nitrogens is 2. The van der Waals surface area contributed by atoms with Crippen LogP contribution in [-0.4, -0.2) is 21.3 Å². The van der Waals surface area contributed by atoms with Gasteiger partial charge in [0.2, 0.25) is 0 Å². The van der Waals surface area contributed by atoms with E-state index in [2.05, 4.69) is 10.2 Å². The number of hydrogen-bond donors (Lipinski definition) is 2. The number of rotatable bonds is 6. The first-order valence-corrected chi connectivity index (χ1v) is 10.2. The quantitative estimate of drug-likeness (QED) is 0.356. The molecule has 4 rings (SSSR count). The van der Waals surface area contributed by atoms with Crippen LogP contribution in [0, 0.1) is 6.92 Å². The molecule has 1 atom stereocenters. The zero-order valence-corrected chi connectivity index (χ0v) is 17.1. The van der Waals surface area contributed by atoms with E-state index in [1.165, 1.54) is 30.2 Å². The van der Waals surface area contributed by atoms with E-state index in [4.69, 9.17) is 9.52 Å². The van der Waals surface area contributed by atoms with Crippen molar-refractivity contribution in [3.05, 3.63) is 82.9 Å². The number of alkyl halides is 3. The molecule has 0 fully saturated rings. The second-order valence-electron chi connectivity index (χ2n) is 7.06. The van der Waals surface area contributed by atoms with Crippen molar-refractivity contribution in [3.8, 4) is 0 Å². The first kappa shape index (κ1) is 21.0. The predicted octanol–water partition coefficient (Wildman–Crippen LogP) is 5.99. The van der Waals surface area contributed by atoms with E-state index in [0.717, 1.165) is 33.7 Å². The standard InChI is InChI=1S/C22H17F3N2O3S/c1-12-18(10-26-27-12)21(13-2-4-15(5-3-13)22(23,24)25)31-16-6-7-17-14(8-20(28)29)11-30-19(17)9-16/h2-7,9-11,21H,8H2,1H3,(H,26,27)(H,28,29). The lowest BCUT2D eigenvalue weighted by molar-refractivity contribution is -0.138. The average Bonchev–Trinajstić information content (AvgIpc) is 3.31. The third kappa shape index (κ3) is 4.46. The van der Waals surface area contributed by atoms with Gasteiger partial charge in [0.1, 0.15) is 5.58 Å². The first-order valence-electron chi connectivity index (χ1n) is 9.28. The van der Waals surface area contributed by atoms with Gasteiger partial charge in [0.05, 0.1) is 29.7 Å². The molecule has 0 aliphatic heterocycles. The summed E-state index contributed by atoms with van der Waals surface area (Å²) in [7, 11) is 0. The molecule has 0 amide bonds. The maximum Gasteiger partial charge on any atom is 0.416 e. The van der Waals surface area contributed by atoms with Gasteiger partial charge < -0.3 is 9.52 Å². The summed E-state index contributed by atoms with van der Waals surface area (Å²) in [6.07, 6.45) is -1.44. The molecule has 2 aromatic carbocycles. The second-order valence-corrected chi connectivity index (χ2v) is 8.24. The number of nitrogens with zero attached hydrogens (tertiary/aromatic N) is 1. The van der Waals surface area contributed by atoms with Crippen molar-refractivity contribution < 1.29 is 27.5 Å². The molecule has 4 aromatic rings. The smallest absolute Gasteiger partial charge is 0.416 e. The third-order valence-electron chi connectivity index (χ3n) is 4.91. The Balaban J connectivity index is 1.68. The maximum absolute atomic E-state index is 13.0. The molecule has 9 heteroatoms. The zero-order chi connectivity index (χ0) is 22.2. The zero-order valence-electron chi connectivity index (χ0n) is 16.2. The molecule has 1 unspecified atom stereocenters. The Bertz CT molecular complexity index is 1230. The number of aromatic amines is 1. The number of fused-ring (bicyclic) bond motifs is 1. The van der Waals surface area contributed by atoms with E-state index in [1.54, 1.807) is 18.3 Å². The van der Waals surface area contributed by atoms with Gasteiger partial charge in [-0.2, -0.15) is 18.3 Å². The predicted molar refractivity (Wildman–Crippen MR) is 110 cm³/mol. The summed E-state index contributed by atoms with van der Waals surface area (Å²) < 4.78 is 44.4. The van der Waals surface area contributed by atoms with Crippen LogP contribution in [0.3, 0.4) is 0 Å². The minimum absolute atomic E-state index is 0.137. The first-order chi connectivity index (χ1) is 14.7. The van der Waals surface area contributed by atoms with Crippen molar-refractivity contribution in [2.24, 2.45) is 0 Å². The van der Waals surface area contributed by atoms with E-state index in [0.29, 0.717) is 16.7 Å². The van der Waals surface area contributed by atoms with Crippen LogP contribution in [0.4, 0.5) is 13.2 Å². The Morgan fingerprint density at radius 1 is 1.23 bits per heavy atom. The highest BCUT2D eigenvalue weighted by atomic mass is 32.2. The molecule has 0 saturated carbocycles. The molecule has 5 nitrogen and oxygen atoms in total. The van der Waals surface area contributed by atoms with Crippen LogP contribution >= 0.6 is 11.8 Å². The number of halogens is 3. The number of benzene rings is 2. The summed E-state index contributed by atoms with van der Waals surface area (Å²) in [4.78, 5) is 11.8. The maximum atomic E-state index is 13.0. The molecule has 0 saturated heterocycles. The molecule has 0 bridgehead atoms. The Labute approximate surface area is 179 Å². The Kier molecular flexibility index (Phi) is 5.53. The molecule has 0 aliphatic rings. The number of hydrogen-bond acceptors (Lipinski definition) is 4. The number of nitrogens with one attached hydrogen (secondary N) is 1. The number of aliphatic carboxylic acids is 1. The molecule has 0 aliphatic carbocycles. The third-order valence-corrected chi connectivity index (χ3v) is 6.20. The number of carboxylic acids is 1. The van der Waals surface area contributed by atoms with Crippen LogP contribution < -0.4 is 0 Å². The molecule has 0 radical (unpaired) electrons. The highest BCUT2D eigenvalue weighted by Crippen LogP contribution is 2.43. The fourth-order valence-electron chi connectivity index (χ4n) is 3.36. The van der Waals surface area contributed by atoms with Crippen molar-refractivity contribution in [1.82, 2.24) is 10.2 Å². The number of H-pyrrole nitrogens is 1. The summed E-state index contributed by atoms with van der Waals surface area (Å²) in [6.45, 7) is 1.86. The Morgan fingerprint density at radius 2 is 1.97 bits per heavy atom. The van der Waals surface area contributed by atoms with Gasteiger partial charge in [0.15, 0.2) is 0 Å². The molecule has 31 heavy (non-hydrogen) atoms. The lowest BCUT2D eigenvalue weighted by Crippen LogP contribution is -2.05. The van der Waals surface area contributed by atoms with E-state index in [1.807, 2.05) is 13.0 Å². The minimum atomic E-state index is -4.40. The topological polar surface area (TPSA) is 79.1 Å². The molecule has 0 spiro atoms.